The molecule has 0 aliphatic heterocycles. The molecule has 0 amide bonds. The normalized spacial score (nSPS) is 13.5. The van der Waals surface area contributed by atoms with E-state index in [1.807, 2.05) is 24.7 Å². The Morgan fingerprint density at radius 1 is 0.742 bits per heavy atom. The van der Waals surface area contributed by atoms with Gasteiger partial charge in [0.1, 0.15) is 5.65 Å². The smallest absolute Gasteiger partial charge is 0.146 e. The highest BCUT2D eigenvalue weighted by Crippen LogP contribution is 2.46. The third-order valence-corrected chi connectivity index (χ3v) is 6.92. The average molecular weight is 396 g/mol. The first-order chi connectivity index (χ1) is 15.4. The van der Waals surface area contributed by atoms with Crippen molar-refractivity contribution in [3.05, 3.63) is 95.6 Å². The maximum Gasteiger partial charge on any atom is 0.146 e. The molecule has 0 atom stereocenters. The number of hydrogen-bond acceptors (Lipinski definition) is 3. The highest BCUT2D eigenvalue weighted by molar-refractivity contribution is 6.10. The minimum atomic E-state index is 0.871. The fourth-order valence-corrected chi connectivity index (χ4v) is 5.62. The second kappa shape index (κ2) is 5.35. The lowest BCUT2D eigenvalue weighted by atomic mass is 9.99. The summed E-state index contributed by atoms with van der Waals surface area (Å²) < 4.78 is 2.32. The fraction of sp³-hybridized carbons (Fsp3) is 0.0741. The van der Waals surface area contributed by atoms with Crippen molar-refractivity contribution < 1.29 is 0 Å². The predicted molar refractivity (Wildman–Crippen MR) is 122 cm³/mol. The molecule has 4 heterocycles. The Bertz CT molecular complexity index is 1740. The highest BCUT2D eigenvalue weighted by atomic mass is 15.0. The van der Waals surface area contributed by atoms with Gasteiger partial charge in [-0.2, -0.15) is 0 Å². The lowest BCUT2D eigenvalue weighted by Crippen LogP contribution is -1.96. The molecule has 4 nitrogen and oxygen atoms in total. The van der Waals surface area contributed by atoms with Crippen molar-refractivity contribution in [2.24, 2.45) is 0 Å². The first-order valence-electron chi connectivity index (χ1n) is 10.6. The SMILES string of the molecule is c1ccc2c(c1)Cc1cc3c(cc1-2)Cc1nc2c4ccncc4c4ncccc4n2c1-3. The number of aromatic nitrogens is 4. The Kier molecular flexibility index (Phi) is 2.72. The molecule has 0 fully saturated rings. The Morgan fingerprint density at radius 3 is 2.65 bits per heavy atom. The summed E-state index contributed by atoms with van der Waals surface area (Å²) in [6.07, 6.45) is 7.48. The van der Waals surface area contributed by atoms with Crippen LogP contribution in [-0.4, -0.2) is 19.4 Å². The summed E-state index contributed by atoms with van der Waals surface area (Å²) in [6, 6.07) is 19.8. The molecule has 0 radical (unpaired) electrons. The summed E-state index contributed by atoms with van der Waals surface area (Å²) in [5, 5.41) is 2.16. The van der Waals surface area contributed by atoms with Crippen molar-refractivity contribution in [2.45, 2.75) is 12.8 Å². The first-order valence-corrected chi connectivity index (χ1v) is 10.6. The van der Waals surface area contributed by atoms with Crippen molar-refractivity contribution in [2.75, 3.05) is 0 Å². The van der Waals surface area contributed by atoms with Crippen molar-refractivity contribution in [1.29, 1.82) is 0 Å². The molecule has 6 aromatic rings. The number of imidazole rings is 1. The molecular formula is C27H16N4. The Labute approximate surface area is 177 Å². The molecular weight excluding hydrogens is 380 g/mol. The van der Waals surface area contributed by atoms with Crippen LogP contribution in [0.4, 0.5) is 0 Å². The lowest BCUT2D eigenvalue weighted by molar-refractivity contribution is 1.16. The van der Waals surface area contributed by atoms with Crippen LogP contribution in [0.15, 0.2) is 73.2 Å². The number of fused-ring (bicyclic) bond motifs is 13. The number of pyridine rings is 3. The van der Waals surface area contributed by atoms with Crippen LogP contribution >= 0.6 is 0 Å². The van der Waals surface area contributed by atoms with Gasteiger partial charge in [0.15, 0.2) is 0 Å². The Balaban J connectivity index is 1.49. The van der Waals surface area contributed by atoms with E-state index in [-0.39, 0.29) is 0 Å². The molecule has 8 rings (SSSR count). The van der Waals surface area contributed by atoms with Gasteiger partial charge in [0.05, 0.1) is 22.4 Å². The molecule has 31 heavy (non-hydrogen) atoms. The van der Waals surface area contributed by atoms with E-state index in [0.29, 0.717) is 0 Å². The quantitative estimate of drug-likeness (QED) is 0.315. The van der Waals surface area contributed by atoms with Crippen LogP contribution in [0.1, 0.15) is 22.4 Å². The monoisotopic (exact) mass is 396 g/mol. The summed E-state index contributed by atoms with van der Waals surface area (Å²) in [6.45, 7) is 0. The number of hydrogen-bond donors (Lipinski definition) is 0. The van der Waals surface area contributed by atoms with Crippen LogP contribution in [0.3, 0.4) is 0 Å². The Morgan fingerprint density at radius 2 is 1.65 bits per heavy atom. The zero-order valence-electron chi connectivity index (χ0n) is 16.6. The van der Waals surface area contributed by atoms with Gasteiger partial charge in [0.2, 0.25) is 0 Å². The summed E-state index contributed by atoms with van der Waals surface area (Å²) in [5.74, 6) is 0. The minimum absolute atomic E-state index is 0.871. The van der Waals surface area contributed by atoms with E-state index in [9.17, 15) is 0 Å². The number of nitrogens with zero attached hydrogens (tertiary/aromatic N) is 4. The molecule has 2 aromatic carbocycles. The van der Waals surface area contributed by atoms with E-state index in [2.05, 4.69) is 57.9 Å². The second-order valence-electron chi connectivity index (χ2n) is 8.54. The van der Waals surface area contributed by atoms with E-state index in [1.54, 1.807) is 0 Å². The molecule has 0 unspecified atom stereocenters. The van der Waals surface area contributed by atoms with Crippen LogP contribution in [0.25, 0.3) is 49.8 Å². The zero-order valence-corrected chi connectivity index (χ0v) is 16.6. The standard InChI is InChI=1S/C27H16N4/c1-2-5-18-15(4-1)10-16-12-21-17(11-20(16)18)13-23-26(21)31-24-6-3-8-29-25(24)22-14-28-9-7-19(22)27(31)30-23/h1-9,11-12,14H,10,13H2. The average Bonchev–Trinajstić information content (AvgIpc) is 3.47. The van der Waals surface area contributed by atoms with Crippen molar-refractivity contribution in [3.8, 4) is 22.4 Å². The van der Waals surface area contributed by atoms with Crippen LogP contribution in [0.2, 0.25) is 0 Å². The van der Waals surface area contributed by atoms with Gasteiger partial charge in [-0.25, -0.2) is 4.98 Å². The van der Waals surface area contributed by atoms with Gasteiger partial charge >= 0.3 is 0 Å². The lowest BCUT2D eigenvalue weighted by Gasteiger charge is -2.11. The predicted octanol–water partition coefficient (Wildman–Crippen LogP) is 5.57. The summed E-state index contributed by atoms with van der Waals surface area (Å²) in [5.41, 5.74) is 13.7. The van der Waals surface area contributed by atoms with Crippen molar-refractivity contribution in [1.82, 2.24) is 19.4 Å². The summed E-state index contributed by atoms with van der Waals surface area (Å²) >= 11 is 0. The van der Waals surface area contributed by atoms with E-state index in [4.69, 9.17) is 9.97 Å². The van der Waals surface area contributed by atoms with Gasteiger partial charge in [-0.15, -0.1) is 0 Å². The molecule has 0 bridgehead atoms. The number of rotatable bonds is 0. The maximum absolute atomic E-state index is 5.14. The van der Waals surface area contributed by atoms with E-state index < -0.39 is 0 Å². The van der Waals surface area contributed by atoms with E-state index >= 15 is 0 Å². The molecule has 0 saturated carbocycles. The third-order valence-electron chi connectivity index (χ3n) is 6.92. The number of benzene rings is 2. The molecule has 144 valence electrons. The largest absolute Gasteiger partial charge is 0.290 e. The molecule has 0 N–H and O–H groups in total. The van der Waals surface area contributed by atoms with Gasteiger partial charge in [0.25, 0.3) is 0 Å². The van der Waals surface area contributed by atoms with E-state index in [1.165, 1.54) is 39.1 Å². The van der Waals surface area contributed by atoms with Crippen LogP contribution < -0.4 is 0 Å². The second-order valence-corrected chi connectivity index (χ2v) is 8.54. The third kappa shape index (κ3) is 1.88. The van der Waals surface area contributed by atoms with Gasteiger partial charge < -0.3 is 0 Å². The summed E-state index contributed by atoms with van der Waals surface area (Å²) in [4.78, 5) is 14.2. The molecule has 2 aliphatic carbocycles. The molecule has 4 aromatic heterocycles. The fourth-order valence-electron chi connectivity index (χ4n) is 5.62. The van der Waals surface area contributed by atoms with E-state index in [0.717, 1.165) is 46.0 Å². The van der Waals surface area contributed by atoms with Gasteiger partial charge in [-0.1, -0.05) is 24.3 Å². The summed E-state index contributed by atoms with van der Waals surface area (Å²) in [7, 11) is 0. The first kappa shape index (κ1) is 15.7. The van der Waals surface area contributed by atoms with Gasteiger partial charge in [0, 0.05) is 41.3 Å². The van der Waals surface area contributed by atoms with Crippen LogP contribution in [-0.2, 0) is 12.8 Å². The van der Waals surface area contributed by atoms with Crippen LogP contribution in [0, 0.1) is 0 Å². The minimum Gasteiger partial charge on any atom is -0.290 e. The topological polar surface area (TPSA) is 43.1 Å². The van der Waals surface area contributed by atoms with Gasteiger partial charge in [-0.3, -0.25) is 14.4 Å². The van der Waals surface area contributed by atoms with Crippen molar-refractivity contribution >= 4 is 27.5 Å². The molecule has 0 spiro atoms. The van der Waals surface area contributed by atoms with Crippen molar-refractivity contribution in [3.63, 3.8) is 0 Å². The zero-order chi connectivity index (χ0) is 20.1. The highest BCUT2D eigenvalue weighted by Gasteiger charge is 2.30. The maximum atomic E-state index is 5.14. The molecule has 0 saturated heterocycles. The Hall–Kier alpha value is -4.05. The van der Waals surface area contributed by atoms with Gasteiger partial charge in [-0.05, 0) is 64.6 Å². The molecule has 2 aliphatic rings. The molecule has 4 heteroatoms. The van der Waals surface area contributed by atoms with Crippen LogP contribution in [0.5, 0.6) is 0 Å².